The number of fused-ring (bicyclic) bond motifs is 5. The molecule has 0 radical (unpaired) electrons. The zero-order valence-electron chi connectivity index (χ0n) is 17.1. The first kappa shape index (κ1) is 19.7. The van der Waals surface area contributed by atoms with Crippen molar-refractivity contribution in [3.8, 4) is 0 Å². The van der Waals surface area contributed by atoms with E-state index < -0.39 is 0 Å². The Bertz CT molecular complexity index is 685. The summed E-state index contributed by atoms with van der Waals surface area (Å²) in [6.45, 7) is 8.16. The van der Waals surface area contributed by atoms with Crippen molar-refractivity contribution in [1.29, 1.82) is 0 Å². The van der Waals surface area contributed by atoms with Gasteiger partial charge in [-0.25, -0.2) is 0 Å². The lowest BCUT2D eigenvalue weighted by Gasteiger charge is -2.58. The Balaban J connectivity index is 1.61. The highest BCUT2D eigenvalue weighted by Crippen LogP contribution is 2.67. The number of rotatable bonds is 2. The Morgan fingerprint density at radius 1 is 1.15 bits per heavy atom. The molecular formula is C23H33BrO3. The topological polar surface area (TPSA) is 43.4 Å². The molecule has 0 aromatic carbocycles. The van der Waals surface area contributed by atoms with E-state index in [1.807, 2.05) is 0 Å². The Labute approximate surface area is 171 Å². The molecule has 3 nitrogen and oxygen atoms in total. The van der Waals surface area contributed by atoms with Crippen molar-refractivity contribution in [2.75, 3.05) is 0 Å². The van der Waals surface area contributed by atoms with Crippen LogP contribution in [0.2, 0.25) is 0 Å². The molecule has 0 amide bonds. The van der Waals surface area contributed by atoms with Crippen LogP contribution in [0, 0.1) is 34.5 Å². The first-order valence-corrected chi connectivity index (χ1v) is 11.6. The molecular weight excluding hydrogens is 404 g/mol. The lowest BCUT2D eigenvalue weighted by Crippen LogP contribution is -2.51. The number of esters is 1. The number of alkyl halides is 1. The minimum atomic E-state index is -0.157. The molecule has 8 atom stereocenters. The van der Waals surface area contributed by atoms with Gasteiger partial charge in [0.1, 0.15) is 11.9 Å². The molecule has 0 heterocycles. The average Bonchev–Trinajstić information content (AvgIpc) is 2.85. The maximum absolute atomic E-state index is 12.4. The van der Waals surface area contributed by atoms with Gasteiger partial charge in [-0.3, -0.25) is 9.59 Å². The van der Waals surface area contributed by atoms with Crippen LogP contribution in [0.25, 0.3) is 0 Å². The Morgan fingerprint density at radius 2 is 1.89 bits per heavy atom. The first-order chi connectivity index (χ1) is 12.7. The molecule has 0 aromatic heterocycles. The molecule has 0 spiro atoms. The molecule has 0 N–H and O–H groups in total. The number of hydrogen-bond donors (Lipinski definition) is 0. The maximum atomic E-state index is 12.4. The van der Waals surface area contributed by atoms with E-state index in [0.29, 0.717) is 28.4 Å². The Hall–Kier alpha value is -0.640. The normalized spacial score (nSPS) is 48.7. The second-order valence-electron chi connectivity index (χ2n) is 10.1. The van der Waals surface area contributed by atoms with Gasteiger partial charge in [0, 0.05) is 24.1 Å². The summed E-state index contributed by atoms with van der Waals surface area (Å²) in [4.78, 5) is 24.1. The summed E-state index contributed by atoms with van der Waals surface area (Å²) in [5.74, 6) is 2.40. The third-order valence-electron chi connectivity index (χ3n) is 8.82. The fourth-order valence-electron chi connectivity index (χ4n) is 7.65. The van der Waals surface area contributed by atoms with Crippen molar-refractivity contribution in [2.24, 2.45) is 34.5 Å². The lowest BCUT2D eigenvalue weighted by atomic mass is 9.47. The molecule has 0 unspecified atom stereocenters. The van der Waals surface area contributed by atoms with Gasteiger partial charge in [0.05, 0.1) is 0 Å². The SMILES string of the molecule is CC(=O)O[C@@H]1CC[C@@]2(C)C(=CC[C@H]3[C@@H]4C[C@H](Br)[C@H](C(C)=O)[C@@]4(C)CC[C@@H]32)C1. The summed E-state index contributed by atoms with van der Waals surface area (Å²) in [7, 11) is 0. The molecule has 4 aliphatic rings. The third-order valence-corrected chi connectivity index (χ3v) is 9.72. The Morgan fingerprint density at radius 3 is 2.56 bits per heavy atom. The Kier molecular flexibility index (Phi) is 4.89. The van der Waals surface area contributed by atoms with Crippen LogP contribution < -0.4 is 0 Å². The lowest BCUT2D eigenvalue weighted by molar-refractivity contribution is -0.149. The van der Waals surface area contributed by atoms with E-state index in [0.717, 1.165) is 32.1 Å². The van der Waals surface area contributed by atoms with Crippen LogP contribution in [-0.4, -0.2) is 22.7 Å². The summed E-state index contributed by atoms with van der Waals surface area (Å²) in [6, 6.07) is 0. The summed E-state index contributed by atoms with van der Waals surface area (Å²) in [5, 5.41) is 0. The first-order valence-electron chi connectivity index (χ1n) is 10.7. The van der Waals surface area contributed by atoms with E-state index in [4.69, 9.17) is 4.74 Å². The second kappa shape index (κ2) is 6.71. The van der Waals surface area contributed by atoms with Gasteiger partial charge in [0.2, 0.25) is 0 Å². The largest absolute Gasteiger partial charge is 0.462 e. The molecule has 3 saturated carbocycles. The minimum Gasteiger partial charge on any atom is -0.462 e. The van der Waals surface area contributed by atoms with Gasteiger partial charge in [-0.15, -0.1) is 0 Å². The van der Waals surface area contributed by atoms with Crippen LogP contribution >= 0.6 is 15.9 Å². The van der Waals surface area contributed by atoms with E-state index in [1.165, 1.54) is 25.3 Å². The van der Waals surface area contributed by atoms with E-state index in [1.54, 1.807) is 6.92 Å². The van der Waals surface area contributed by atoms with Crippen LogP contribution in [-0.2, 0) is 14.3 Å². The van der Waals surface area contributed by atoms with E-state index in [9.17, 15) is 9.59 Å². The molecule has 4 aliphatic carbocycles. The van der Waals surface area contributed by atoms with E-state index in [2.05, 4.69) is 35.9 Å². The van der Waals surface area contributed by atoms with Gasteiger partial charge in [-0.05, 0) is 74.0 Å². The molecule has 0 aromatic rings. The van der Waals surface area contributed by atoms with Crippen LogP contribution in [0.5, 0.6) is 0 Å². The number of hydrogen-bond acceptors (Lipinski definition) is 3. The fourth-order valence-corrected chi connectivity index (χ4v) is 9.03. The van der Waals surface area contributed by atoms with Gasteiger partial charge in [0.25, 0.3) is 0 Å². The van der Waals surface area contributed by atoms with E-state index >= 15 is 0 Å². The highest BCUT2D eigenvalue weighted by molar-refractivity contribution is 9.09. The van der Waals surface area contributed by atoms with Crippen molar-refractivity contribution in [3.05, 3.63) is 11.6 Å². The summed E-state index contributed by atoms with van der Waals surface area (Å²) < 4.78 is 5.54. The van der Waals surface area contributed by atoms with Crippen molar-refractivity contribution in [1.82, 2.24) is 0 Å². The molecule has 4 rings (SSSR count). The molecule has 27 heavy (non-hydrogen) atoms. The predicted molar refractivity (Wildman–Crippen MR) is 110 cm³/mol. The summed E-state index contributed by atoms with van der Waals surface area (Å²) >= 11 is 3.88. The second-order valence-corrected chi connectivity index (χ2v) is 11.3. The monoisotopic (exact) mass is 436 g/mol. The maximum Gasteiger partial charge on any atom is 0.302 e. The van der Waals surface area contributed by atoms with Crippen molar-refractivity contribution >= 4 is 27.7 Å². The zero-order chi connectivity index (χ0) is 19.6. The van der Waals surface area contributed by atoms with Crippen LogP contribution in [0.3, 0.4) is 0 Å². The van der Waals surface area contributed by atoms with Crippen LogP contribution in [0.1, 0.15) is 72.6 Å². The number of ketones is 1. The standard InChI is InChI=1S/C23H33BrO3/c1-13(25)21-20(24)12-19-17-6-5-15-11-16(27-14(2)26)7-9-22(15,3)18(17)8-10-23(19,21)4/h5,16-21H,6-12H2,1-4H3/t16-,17-,18+,19+,20+,21+,22+,23+/m1/s1. The van der Waals surface area contributed by atoms with Gasteiger partial charge >= 0.3 is 5.97 Å². The van der Waals surface area contributed by atoms with E-state index in [-0.39, 0.29) is 28.8 Å². The molecule has 0 saturated heterocycles. The highest BCUT2D eigenvalue weighted by atomic mass is 79.9. The molecule has 3 fully saturated rings. The zero-order valence-corrected chi connectivity index (χ0v) is 18.7. The number of Topliss-reactive ketones (excluding diaryl/α,β-unsaturated/α-hetero) is 1. The van der Waals surface area contributed by atoms with Gasteiger partial charge in [0.15, 0.2) is 0 Å². The highest BCUT2D eigenvalue weighted by Gasteiger charge is 2.61. The quantitative estimate of drug-likeness (QED) is 0.327. The number of carbonyl (C=O) groups excluding carboxylic acids is 2. The van der Waals surface area contributed by atoms with Crippen LogP contribution in [0.15, 0.2) is 11.6 Å². The predicted octanol–water partition coefficient (Wildman–Crippen LogP) is 5.46. The van der Waals surface area contributed by atoms with Crippen LogP contribution in [0.4, 0.5) is 0 Å². The molecule has 4 heteroatoms. The third kappa shape index (κ3) is 2.96. The van der Waals surface area contributed by atoms with Gasteiger partial charge in [-0.1, -0.05) is 41.4 Å². The van der Waals surface area contributed by atoms with Crippen molar-refractivity contribution in [3.63, 3.8) is 0 Å². The summed E-state index contributed by atoms with van der Waals surface area (Å²) in [5.41, 5.74) is 1.93. The molecule has 150 valence electrons. The van der Waals surface area contributed by atoms with Crippen molar-refractivity contribution in [2.45, 2.75) is 83.6 Å². The minimum absolute atomic E-state index is 0.0627. The average molecular weight is 437 g/mol. The number of ether oxygens (including phenoxy) is 1. The fraction of sp³-hybridized carbons (Fsp3) is 0.826. The summed E-state index contributed by atoms with van der Waals surface area (Å²) in [6.07, 6.45) is 10.2. The number of allylic oxidation sites excluding steroid dienone is 1. The smallest absolute Gasteiger partial charge is 0.302 e. The van der Waals surface area contributed by atoms with Gasteiger partial charge in [-0.2, -0.15) is 0 Å². The number of halogens is 1. The van der Waals surface area contributed by atoms with Gasteiger partial charge < -0.3 is 4.74 Å². The number of carbonyl (C=O) groups is 2. The molecule has 0 bridgehead atoms. The molecule has 0 aliphatic heterocycles. The van der Waals surface area contributed by atoms with Crippen molar-refractivity contribution < 1.29 is 14.3 Å².